The highest BCUT2D eigenvalue weighted by Crippen LogP contribution is 2.26. The summed E-state index contributed by atoms with van der Waals surface area (Å²) in [7, 11) is 0. The van der Waals surface area contributed by atoms with Crippen LogP contribution in [0.15, 0.2) is 22.7 Å². The Bertz CT molecular complexity index is 446. The van der Waals surface area contributed by atoms with Crippen LogP contribution in [0, 0.1) is 11.2 Å². The van der Waals surface area contributed by atoms with E-state index in [0.29, 0.717) is 23.2 Å². The van der Waals surface area contributed by atoms with Crippen LogP contribution in [0.3, 0.4) is 0 Å². The van der Waals surface area contributed by atoms with Gasteiger partial charge < -0.3 is 9.84 Å². The van der Waals surface area contributed by atoms with Crippen molar-refractivity contribution in [3.05, 3.63) is 28.5 Å². The van der Waals surface area contributed by atoms with E-state index in [1.807, 2.05) is 0 Å². The fourth-order valence-corrected chi connectivity index (χ4v) is 1.91. The number of hydrogen-bond acceptors (Lipinski definition) is 2. The van der Waals surface area contributed by atoms with Crippen molar-refractivity contribution in [3.63, 3.8) is 0 Å². The average molecular weight is 333 g/mol. The van der Waals surface area contributed by atoms with Crippen LogP contribution in [0.5, 0.6) is 5.75 Å². The zero-order valence-corrected chi connectivity index (χ0v) is 12.7. The average Bonchev–Trinajstić information content (AvgIpc) is 2.32. The molecule has 106 valence electrons. The fraction of sp³-hybridized carbons (Fsp3) is 0.500. The van der Waals surface area contributed by atoms with Gasteiger partial charge in [0.2, 0.25) is 0 Å². The van der Waals surface area contributed by atoms with Gasteiger partial charge in [0, 0.05) is 6.07 Å². The Morgan fingerprint density at radius 3 is 2.74 bits per heavy atom. The number of aliphatic carboxylic acids is 1. The quantitative estimate of drug-likeness (QED) is 0.759. The molecule has 5 heteroatoms. The molecule has 0 aliphatic heterocycles. The number of ether oxygens (including phenoxy) is 1. The van der Waals surface area contributed by atoms with E-state index in [1.165, 1.54) is 12.1 Å². The first kappa shape index (κ1) is 16.0. The second-order valence-electron chi connectivity index (χ2n) is 5.07. The van der Waals surface area contributed by atoms with Crippen LogP contribution in [-0.4, -0.2) is 17.7 Å². The fourth-order valence-electron chi connectivity index (χ4n) is 1.55. The molecule has 19 heavy (non-hydrogen) atoms. The molecule has 3 nitrogen and oxygen atoms in total. The molecular weight excluding hydrogens is 315 g/mol. The summed E-state index contributed by atoms with van der Waals surface area (Å²) in [6.07, 6.45) is 2.09. The van der Waals surface area contributed by atoms with Gasteiger partial charge in [-0.15, -0.1) is 0 Å². The minimum Gasteiger partial charge on any atom is -0.492 e. The first-order chi connectivity index (χ1) is 8.83. The Morgan fingerprint density at radius 2 is 2.11 bits per heavy atom. The number of unbranched alkanes of at least 4 members (excludes halogenated alkanes) is 1. The summed E-state index contributed by atoms with van der Waals surface area (Å²) in [4.78, 5) is 10.9. The summed E-state index contributed by atoms with van der Waals surface area (Å²) < 4.78 is 19.2. The Kier molecular flexibility index (Phi) is 5.79. The summed E-state index contributed by atoms with van der Waals surface area (Å²) in [5.41, 5.74) is -0.709. The second-order valence-corrected chi connectivity index (χ2v) is 5.92. The molecule has 1 aromatic carbocycles. The molecule has 0 radical (unpaired) electrons. The third kappa shape index (κ3) is 5.19. The SMILES string of the molecule is CC(C)(CCCCOc1cc(F)ccc1Br)C(=O)O. The maximum absolute atomic E-state index is 13.0. The molecule has 0 aromatic heterocycles. The van der Waals surface area contributed by atoms with E-state index in [-0.39, 0.29) is 5.82 Å². The molecule has 0 atom stereocenters. The number of hydrogen-bond donors (Lipinski definition) is 1. The van der Waals surface area contributed by atoms with Crippen LogP contribution in [0.25, 0.3) is 0 Å². The van der Waals surface area contributed by atoms with Gasteiger partial charge in [0.05, 0.1) is 16.5 Å². The van der Waals surface area contributed by atoms with E-state index in [9.17, 15) is 9.18 Å². The molecule has 0 heterocycles. The summed E-state index contributed by atoms with van der Waals surface area (Å²) >= 11 is 3.28. The lowest BCUT2D eigenvalue weighted by molar-refractivity contribution is -0.147. The van der Waals surface area contributed by atoms with Gasteiger partial charge in [-0.3, -0.25) is 4.79 Å². The first-order valence-corrected chi connectivity index (χ1v) is 6.93. The highest BCUT2D eigenvalue weighted by molar-refractivity contribution is 9.10. The number of carboxylic acids is 1. The van der Waals surface area contributed by atoms with Crippen LogP contribution in [-0.2, 0) is 4.79 Å². The van der Waals surface area contributed by atoms with Crippen molar-refractivity contribution in [1.82, 2.24) is 0 Å². The Labute approximate surface area is 120 Å². The highest BCUT2D eigenvalue weighted by atomic mass is 79.9. The molecule has 0 unspecified atom stereocenters. The van der Waals surface area contributed by atoms with E-state index in [1.54, 1.807) is 19.9 Å². The molecule has 0 aliphatic carbocycles. The van der Waals surface area contributed by atoms with E-state index in [2.05, 4.69) is 15.9 Å². The van der Waals surface area contributed by atoms with E-state index in [4.69, 9.17) is 9.84 Å². The summed E-state index contributed by atoms with van der Waals surface area (Å²) in [6, 6.07) is 4.27. The lowest BCUT2D eigenvalue weighted by atomic mass is 9.87. The Hall–Kier alpha value is -1.10. The van der Waals surface area contributed by atoms with Crippen LogP contribution >= 0.6 is 15.9 Å². The molecule has 0 amide bonds. The first-order valence-electron chi connectivity index (χ1n) is 6.14. The van der Waals surface area contributed by atoms with Crippen molar-refractivity contribution in [3.8, 4) is 5.75 Å². The predicted octanol–water partition coefficient (Wildman–Crippen LogP) is 4.25. The molecule has 0 spiro atoms. The maximum atomic E-state index is 13.0. The van der Waals surface area contributed by atoms with Crippen LogP contribution in [0.2, 0.25) is 0 Å². The zero-order chi connectivity index (χ0) is 14.5. The van der Waals surface area contributed by atoms with Crippen LogP contribution < -0.4 is 4.74 Å². The molecule has 1 rings (SSSR count). The van der Waals surface area contributed by atoms with Gasteiger partial charge in [-0.25, -0.2) is 4.39 Å². The number of benzene rings is 1. The Morgan fingerprint density at radius 1 is 1.42 bits per heavy atom. The van der Waals surface area contributed by atoms with Crippen molar-refractivity contribution in [2.75, 3.05) is 6.61 Å². The van der Waals surface area contributed by atoms with Gasteiger partial charge >= 0.3 is 5.97 Å². The minimum atomic E-state index is -0.790. The van der Waals surface area contributed by atoms with Crippen molar-refractivity contribution in [1.29, 1.82) is 0 Å². The second kappa shape index (κ2) is 6.89. The zero-order valence-electron chi connectivity index (χ0n) is 11.1. The molecule has 0 bridgehead atoms. The minimum absolute atomic E-state index is 0.342. The molecule has 0 saturated heterocycles. The highest BCUT2D eigenvalue weighted by Gasteiger charge is 2.25. The summed E-state index contributed by atoms with van der Waals surface area (Å²) in [6.45, 7) is 3.86. The lowest BCUT2D eigenvalue weighted by Gasteiger charge is -2.18. The number of halogens is 2. The van der Waals surface area contributed by atoms with E-state index < -0.39 is 11.4 Å². The van der Waals surface area contributed by atoms with Crippen molar-refractivity contribution in [2.45, 2.75) is 33.1 Å². The van der Waals surface area contributed by atoms with Crippen molar-refractivity contribution in [2.24, 2.45) is 5.41 Å². The van der Waals surface area contributed by atoms with Gasteiger partial charge in [-0.05, 0) is 61.2 Å². The molecule has 0 fully saturated rings. The number of rotatable bonds is 7. The summed E-state index contributed by atoms with van der Waals surface area (Å²) in [5, 5.41) is 8.96. The lowest BCUT2D eigenvalue weighted by Crippen LogP contribution is -2.23. The van der Waals surface area contributed by atoms with Crippen LogP contribution in [0.1, 0.15) is 33.1 Å². The van der Waals surface area contributed by atoms with Gasteiger partial charge in [0.25, 0.3) is 0 Å². The number of carbonyl (C=O) groups is 1. The topological polar surface area (TPSA) is 46.5 Å². The standard InChI is InChI=1S/C14H18BrFO3/c1-14(2,13(17)18)7-3-4-8-19-12-9-10(16)5-6-11(12)15/h5-6,9H,3-4,7-8H2,1-2H3,(H,17,18). The smallest absolute Gasteiger partial charge is 0.309 e. The van der Waals surface area contributed by atoms with Crippen LogP contribution in [0.4, 0.5) is 4.39 Å². The van der Waals surface area contributed by atoms with Gasteiger partial charge in [-0.1, -0.05) is 0 Å². The molecule has 1 aromatic rings. The van der Waals surface area contributed by atoms with E-state index >= 15 is 0 Å². The normalized spacial score (nSPS) is 11.4. The van der Waals surface area contributed by atoms with Crippen molar-refractivity contribution >= 4 is 21.9 Å². The maximum Gasteiger partial charge on any atom is 0.309 e. The van der Waals surface area contributed by atoms with Crippen molar-refractivity contribution < 1.29 is 19.0 Å². The molecule has 0 aliphatic rings. The number of carboxylic acid groups (broad SMARTS) is 1. The van der Waals surface area contributed by atoms with Gasteiger partial charge in [0.1, 0.15) is 11.6 Å². The third-order valence-corrected chi connectivity index (χ3v) is 3.58. The Balaban J connectivity index is 2.32. The van der Waals surface area contributed by atoms with E-state index in [0.717, 1.165) is 12.8 Å². The largest absolute Gasteiger partial charge is 0.492 e. The molecular formula is C14H18BrFO3. The predicted molar refractivity (Wildman–Crippen MR) is 74.9 cm³/mol. The van der Waals surface area contributed by atoms with Gasteiger partial charge in [0.15, 0.2) is 0 Å². The molecule has 0 saturated carbocycles. The monoisotopic (exact) mass is 332 g/mol. The molecule has 1 N–H and O–H groups in total. The summed E-state index contributed by atoms with van der Waals surface area (Å²) in [5.74, 6) is -0.663. The van der Waals surface area contributed by atoms with Gasteiger partial charge in [-0.2, -0.15) is 0 Å². The third-order valence-electron chi connectivity index (χ3n) is 2.93.